The molecule has 0 aliphatic rings. The average molecular weight is 360 g/mol. The standard InChI is InChI=1S/C19H21FN2O2S/c1-4-15-6-5-7-17(21-15)19(23)24-12-18(25)22(13(2)3)16-10-8-14(20)9-11-16/h5-11,13H,4,12H2,1-3H3. The molecular weight excluding hydrogens is 339 g/mol. The largest absolute Gasteiger partial charge is 0.454 e. The number of anilines is 1. The second-order valence-corrected chi connectivity index (χ2v) is 6.25. The second-order valence-electron chi connectivity index (χ2n) is 5.78. The van der Waals surface area contributed by atoms with E-state index in [0.29, 0.717) is 4.99 Å². The van der Waals surface area contributed by atoms with Crippen molar-refractivity contribution in [3.8, 4) is 0 Å². The lowest BCUT2D eigenvalue weighted by atomic mass is 10.2. The number of carbonyl (C=O) groups excluding carboxylic acids is 1. The van der Waals surface area contributed by atoms with E-state index in [1.54, 1.807) is 24.3 Å². The maximum Gasteiger partial charge on any atom is 0.357 e. The molecule has 1 aromatic carbocycles. The number of thiocarbonyl (C=S) groups is 1. The number of aryl methyl sites for hydroxylation is 1. The molecule has 1 aromatic heterocycles. The second kappa shape index (κ2) is 8.67. The fourth-order valence-electron chi connectivity index (χ4n) is 2.39. The van der Waals surface area contributed by atoms with E-state index in [1.807, 2.05) is 31.7 Å². The summed E-state index contributed by atoms with van der Waals surface area (Å²) in [7, 11) is 0. The van der Waals surface area contributed by atoms with Crippen molar-refractivity contribution in [2.24, 2.45) is 0 Å². The van der Waals surface area contributed by atoms with Gasteiger partial charge in [0.1, 0.15) is 23.1 Å². The number of benzene rings is 1. The highest BCUT2D eigenvalue weighted by molar-refractivity contribution is 7.80. The van der Waals surface area contributed by atoms with Crippen molar-refractivity contribution in [3.05, 3.63) is 59.7 Å². The molecule has 0 unspecified atom stereocenters. The van der Waals surface area contributed by atoms with Crippen LogP contribution in [0.25, 0.3) is 0 Å². The molecule has 132 valence electrons. The number of aromatic nitrogens is 1. The summed E-state index contributed by atoms with van der Waals surface area (Å²) in [4.78, 5) is 18.7. The lowest BCUT2D eigenvalue weighted by Crippen LogP contribution is -2.38. The van der Waals surface area contributed by atoms with Crippen LogP contribution in [0.4, 0.5) is 10.1 Å². The number of hydrogen-bond donors (Lipinski definition) is 0. The lowest BCUT2D eigenvalue weighted by Gasteiger charge is -2.29. The van der Waals surface area contributed by atoms with Gasteiger partial charge in [-0.15, -0.1) is 0 Å². The van der Waals surface area contributed by atoms with E-state index in [-0.39, 0.29) is 24.2 Å². The highest BCUT2D eigenvalue weighted by atomic mass is 32.1. The van der Waals surface area contributed by atoms with Crippen molar-refractivity contribution < 1.29 is 13.9 Å². The highest BCUT2D eigenvalue weighted by Gasteiger charge is 2.18. The van der Waals surface area contributed by atoms with E-state index in [9.17, 15) is 9.18 Å². The van der Waals surface area contributed by atoms with Gasteiger partial charge in [0.05, 0.1) is 0 Å². The summed E-state index contributed by atoms with van der Waals surface area (Å²) in [6, 6.07) is 11.3. The van der Waals surface area contributed by atoms with Crippen molar-refractivity contribution >= 4 is 28.9 Å². The summed E-state index contributed by atoms with van der Waals surface area (Å²) < 4.78 is 18.4. The molecule has 2 aromatic rings. The Kier molecular flexibility index (Phi) is 6.58. The van der Waals surface area contributed by atoms with Gasteiger partial charge in [-0.3, -0.25) is 0 Å². The number of esters is 1. The Hall–Kier alpha value is -2.34. The molecule has 2 rings (SSSR count). The zero-order valence-corrected chi connectivity index (χ0v) is 15.3. The normalized spacial score (nSPS) is 10.6. The number of ether oxygens (including phenoxy) is 1. The Labute approximate surface area is 152 Å². The summed E-state index contributed by atoms with van der Waals surface area (Å²) >= 11 is 5.42. The van der Waals surface area contributed by atoms with Gasteiger partial charge in [0.2, 0.25) is 0 Å². The van der Waals surface area contributed by atoms with E-state index in [0.717, 1.165) is 17.8 Å². The van der Waals surface area contributed by atoms with Crippen LogP contribution in [0.5, 0.6) is 0 Å². The van der Waals surface area contributed by atoms with Crippen LogP contribution in [0.2, 0.25) is 0 Å². The fraction of sp³-hybridized carbons (Fsp3) is 0.316. The predicted molar refractivity (Wildman–Crippen MR) is 101 cm³/mol. The molecule has 25 heavy (non-hydrogen) atoms. The average Bonchev–Trinajstić information content (AvgIpc) is 2.61. The Balaban J connectivity index is 2.05. The molecule has 0 fully saturated rings. The Morgan fingerprint density at radius 1 is 1.24 bits per heavy atom. The van der Waals surface area contributed by atoms with Crippen molar-refractivity contribution in [2.75, 3.05) is 11.5 Å². The molecular formula is C19H21FN2O2S. The highest BCUT2D eigenvalue weighted by Crippen LogP contribution is 2.19. The Morgan fingerprint density at radius 2 is 1.92 bits per heavy atom. The maximum atomic E-state index is 13.1. The van der Waals surface area contributed by atoms with Gasteiger partial charge in [-0.25, -0.2) is 14.2 Å². The third-order valence-corrected chi connectivity index (χ3v) is 3.91. The summed E-state index contributed by atoms with van der Waals surface area (Å²) in [5.74, 6) is -0.827. The van der Waals surface area contributed by atoms with Gasteiger partial charge in [0, 0.05) is 17.4 Å². The van der Waals surface area contributed by atoms with Crippen LogP contribution in [0.15, 0.2) is 42.5 Å². The molecule has 0 amide bonds. The van der Waals surface area contributed by atoms with Gasteiger partial charge in [-0.2, -0.15) is 0 Å². The van der Waals surface area contributed by atoms with E-state index < -0.39 is 5.97 Å². The minimum absolute atomic E-state index is 0.0399. The van der Waals surface area contributed by atoms with Gasteiger partial charge in [-0.1, -0.05) is 25.2 Å². The molecule has 0 N–H and O–H groups in total. The molecule has 0 saturated carbocycles. The molecule has 0 aliphatic carbocycles. The molecule has 0 spiro atoms. The van der Waals surface area contributed by atoms with Crippen LogP contribution in [0, 0.1) is 5.82 Å². The minimum Gasteiger partial charge on any atom is -0.454 e. The molecule has 4 nitrogen and oxygen atoms in total. The summed E-state index contributed by atoms with van der Waals surface area (Å²) in [6.45, 7) is 5.85. The number of halogens is 1. The fourth-order valence-corrected chi connectivity index (χ4v) is 2.77. The first-order valence-corrected chi connectivity index (χ1v) is 8.54. The van der Waals surface area contributed by atoms with Crippen LogP contribution < -0.4 is 4.90 Å². The number of hydrogen-bond acceptors (Lipinski definition) is 4. The Bertz CT molecular complexity index is 747. The van der Waals surface area contributed by atoms with Crippen molar-refractivity contribution in [3.63, 3.8) is 0 Å². The first-order valence-electron chi connectivity index (χ1n) is 8.13. The topological polar surface area (TPSA) is 42.4 Å². The summed E-state index contributed by atoms with van der Waals surface area (Å²) in [6.07, 6.45) is 0.741. The first kappa shape index (κ1) is 19.0. The first-order chi connectivity index (χ1) is 11.9. The molecule has 0 atom stereocenters. The smallest absolute Gasteiger partial charge is 0.357 e. The molecule has 0 bridgehead atoms. The zero-order chi connectivity index (χ0) is 18.4. The molecule has 1 heterocycles. The van der Waals surface area contributed by atoms with Gasteiger partial charge in [-0.05, 0) is 56.7 Å². The molecule has 0 radical (unpaired) electrons. The number of rotatable bonds is 6. The van der Waals surface area contributed by atoms with E-state index in [1.165, 1.54) is 12.1 Å². The quantitative estimate of drug-likeness (QED) is 0.571. The molecule has 0 aliphatic heterocycles. The van der Waals surface area contributed by atoms with Gasteiger partial charge < -0.3 is 9.64 Å². The number of nitrogens with zero attached hydrogens (tertiary/aromatic N) is 2. The van der Waals surface area contributed by atoms with Crippen LogP contribution in [0.3, 0.4) is 0 Å². The third kappa shape index (κ3) is 5.06. The van der Waals surface area contributed by atoms with Crippen molar-refractivity contribution in [1.82, 2.24) is 4.98 Å². The van der Waals surface area contributed by atoms with Gasteiger partial charge >= 0.3 is 5.97 Å². The van der Waals surface area contributed by atoms with Gasteiger partial charge in [0.15, 0.2) is 0 Å². The summed E-state index contributed by atoms with van der Waals surface area (Å²) in [5.41, 5.74) is 1.84. The van der Waals surface area contributed by atoms with Crippen molar-refractivity contribution in [1.29, 1.82) is 0 Å². The van der Waals surface area contributed by atoms with Crippen LogP contribution >= 0.6 is 12.2 Å². The summed E-state index contributed by atoms with van der Waals surface area (Å²) in [5, 5.41) is 0. The monoisotopic (exact) mass is 360 g/mol. The SMILES string of the molecule is CCc1cccc(C(=O)OCC(=S)N(c2ccc(F)cc2)C(C)C)n1. The van der Waals surface area contributed by atoms with E-state index >= 15 is 0 Å². The van der Waals surface area contributed by atoms with E-state index in [2.05, 4.69) is 4.98 Å². The molecule has 6 heteroatoms. The molecule has 0 saturated heterocycles. The third-order valence-electron chi connectivity index (χ3n) is 3.59. The van der Waals surface area contributed by atoms with E-state index in [4.69, 9.17) is 17.0 Å². The predicted octanol–water partition coefficient (Wildman–Crippen LogP) is 4.18. The number of pyridine rings is 1. The Morgan fingerprint density at radius 3 is 2.52 bits per heavy atom. The minimum atomic E-state index is -0.513. The maximum absolute atomic E-state index is 13.1. The van der Waals surface area contributed by atoms with Crippen molar-refractivity contribution in [2.45, 2.75) is 33.2 Å². The number of carbonyl (C=O) groups is 1. The zero-order valence-electron chi connectivity index (χ0n) is 14.5. The van der Waals surface area contributed by atoms with Crippen LogP contribution in [-0.4, -0.2) is 28.6 Å². The van der Waals surface area contributed by atoms with Gasteiger partial charge in [0.25, 0.3) is 0 Å². The lowest BCUT2D eigenvalue weighted by molar-refractivity contribution is 0.0556. The van der Waals surface area contributed by atoms with Crippen LogP contribution in [-0.2, 0) is 11.2 Å². The van der Waals surface area contributed by atoms with Crippen LogP contribution in [0.1, 0.15) is 37.0 Å².